The Morgan fingerprint density at radius 1 is 1.60 bits per heavy atom. The van der Waals surface area contributed by atoms with Crippen LogP contribution in [0.1, 0.15) is 33.1 Å². The molecule has 1 aliphatic carbocycles. The molecule has 0 amide bonds. The van der Waals surface area contributed by atoms with Gasteiger partial charge in [-0.25, -0.2) is 0 Å². The van der Waals surface area contributed by atoms with Gasteiger partial charge in [0.2, 0.25) is 0 Å². The topological polar surface area (TPSA) is 17.1 Å². The minimum Gasteiger partial charge on any atom is -0.295 e. The van der Waals surface area contributed by atoms with Crippen molar-refractivity contribution in [3.63, 3.8) is 0 Å². The van der Waals surface area contributed by atoms with E-state index in [1.54, 1.807) is 0 Å². The lowest BCUT2D eigenvalue weighted by Crippen LogP contribution is -2.03. The monoisotopic (exact) mass is 138 g/mol. The van der Waals surface area contributed by atoms with Crippen LogP contribution in [0.2, 0.25) is 0 Å². The number of hydrogen-bond donors (Lipinski definition) is 0. The van der Waals surface area contributed by atoms with Crippen LogP contribution in [0.4, 0.5) is 0 Å². The highest BCUT2D eigenvalue weighted by atomic mass is 16.1. The lowest BCUT2D eigenvalue weighted by atomic mass is 10.0. The molecule has 0 radical (unpaired) electrons. The van der Waals surface area contributed by atoms with Crippen molar-refractivity contribution in [3.05, 3.63) is 11.6 Å². The summed E-state index contributed by atoms with van der Waals surface area (Å²) in [4.78, 5) is 11.1. The summed E-state index contributed by atoms with van der Waals surface area (Å²) >= 11 is 0. The van der Waals surface area contributed by atoms with E-state index in [9.17, 15) is 4.79 Å². The zero-order valence-electron chi connectivity index (χ0n) is 6.68. The summed E-state index contributed by atoms with van der Waals surface area (Å²) in [5, 5.41) is 0. The van der Waals surface area contributed by atoms with Crippen molar-refractivity contribution in [2.24, 2.45) is 5.92 Å². The summed E-state index contributed by atoms with van der Waals surface area (Å²) in [5.74, 6) is 0.661. The van der Waals surface area contributed by atoms with Crippen molar-refractivity contribution >= 4 is 5.78 Å². The van der Waals surface area contributed by atoms with Gasteiger partial charge in [0.05, 0.1) is 0 Å². The first-order valence-electron chi connectivity index (χ1n) is 4.01. The van der Waals surface area contributed by atoms with Gasteiger partial charge in [-0.05, 0) is 25.3 Å². The summed E-state index contributed by atoms with van der Waals surface area (Å²) in [6.07, 6.45) is 4.89. The van der Waals surface area contributed by atoms with Gasteiger partial charge in [-0.15, -0.1) is 0 Å². The van der Waals surface area contributed by atoms with Crippen LogP contribution in [0, 0.1) is 5.92 Å². The van der Waals surface area contributed by atoms with Crippen molar-refractivity contribution < 1.29 is 4.79 Å². The van der Waals surface area contributed by atoms with Gasteiger partial charge in [0, 0.05) is 5.92 Å². The van der Waals surface area contributed by atoms with Gasteiger partial charge in [0.25, 0.3) is 0 Å². The lowest BCUT2D eigenvalue weighted by molar-refractivity contribution is -0.117. The quantitative estimate of drug-likeness (QED) is 0.572. The Labute approximate surface area is 62.1 Å². The first-order chi connectivity index (χ1) is 4.77. The number of ketones is 1. The highest BCUT2D eigenvalue weighted by Crippen LogP contribution is 2.25. The molecule has 0 heterocycles. The van der Waals surface area contributed by atoms with Gasteiger partial charge in [-0.2, -0.15) is 0 Å². The van der Waals surface area contributed by atoms with E-state index in [4.69, 9.17) is 0 Å². The second-order valence-electron chi connectivity index (χ2n) is 2.87. The second-order valence-corrected chi connectivity index (χ2v) is 2.87. The maximum absolute atomic E-state index is 11.1. The molecule has 0 aliphatic heterocycles. The normalized spacial score (nSPS) is 25.2. The summed E-state index contributed by atoms with van der Waals surface area (Å²) in [6, 6.07) is 0. The summed E-state index contributed by atoms with van der Waals surface area (Å²) in [5.41, 5.74) is 1.33. The van der Waals surface area contributed by atoms with Crippen LogP contribution >= 0.6 is 0 Å². The van der Waals surface area contributed by atoms with E-state index >= 15 is 0 Å². The Morgan fingerprint density at radius 3 is 2.60 bits per heavy atom. The van der Waals surface area contributed by atoms with Crippen LogP contribution in [0.25, 0.3) is 0 Å². The van der Waals surface area contributed by atoms with Crippen LogP contribution in [-0.4, -0.2) is 5.78 Å². The molecular formula is C9H14O. The van der Waals surface area contributed by atoms with Crippen molar-refractivity contribution in [2.75, 3.05) is 0 Å². The Hall–Kier alpha value is -0.590. The molecule has 1 unspecified atom stereocenters. The SMILES string of the molecule is CCC1=CC(=O)C(CC)C1. The number of carbonyl (C=O) groups excluding carboxylic acids is 1. The van der Waals surface area contributed by atoms with Crippen LogP contribution in [0.15, 0.2) is 11.6 Å². The second kappa shape index (κ2) is 3.00. The maximum Gasteiger partial charge on any atom is 0.159 e. The molecular weight excluding hydrogens is 124 g/mol. The first kappa shape index (κ1) is 7.52. The summed E-state index contributed by atoms with van der Waals surface area (Å²) in [6.45, 7) is 4.19. The standard InChI is InChI=1S/C9H14O/c1-3-7-5-8(4-2)9(10)6-7/h6,8H,3-5H2,1-2H3. The van der Waals surface area contributed by atoms with E-state index in [1.165, 1.54) is 5.57 Å². The Balaban J connectivity index is 2.57. The fraction of sp³-hybridized carbons (Fsp3) is 0.667. The third-order valence-corrected chi connectivity index (χ3v) is 2.20. The number of allylic oxidation sites excluding steroid dienone is 2. The number of hydrogen-bond acceptors (Lipinski definition) is 1. The van der Waals surface area contributed by atoms with Gasteiger partial charge in [-0.3, -0.25) is 4.79 Å². The van der Waals surface area contributed by atoms with Crippen molar-refractivity contribution in [1.82, 2.24) is 0 Å². The Kier molecular flexibility index (Phi) is 2.25. The fourth-order valence-electron chi connectivity index (χ4n) is 1.39. The summed E-state index contributed by atoms with van der Waals surface area (Å²) < 4.78 is 0. The molecule has 0 spiro atoms. The molecule has 1 aliphatic rings. The highest BCUT2D eigenvalue weighted by Gasteiger charge is 2.21. The Morgan fingerprint density at radius 2 is 2.30 bits per heavy atom. The number of rotatable bonds is 2. The van der Waals surface area contributed by atoms with Crippen LogP contribution in [-0.2, 0) is 4.79 Å². The molecule has 1 nitrogen and oxygen atoms in total. The van der Waals surface area contributed by atoms with Crippen LogP contribution < -0.4 is 0 Å². The molecule has 10 heavy (non-hydrogen) atoms. The molecule has 0 aromatic carbocycles. The van der Waals surface area contributed by atoms with Crippen LogP contribution in [0.3, 0.4) is 0 Å². The first-order valence-corrected chi connectivity index (χ1v) is 4.01. The van der Waals surface area contributed by atoms with Crippen LogP contribution in [0.5, 0.6) is 0 Å². The van der Waals surface area contributed by atoms with Gasteiger partial charge in [0.15, 0.2) is 5.78 Å². The molecule has 1 rings (SSSR count). The maximum atomic E-state index is 11.1. The largest absolute Gasteiger partial charge is 0.295 e. The molecule has 1 heteroatoms. The van der Waals surface area contributed by atoms with E-state index < -0.39 is 0 Å². The molecule has 1 atom stereocenters. The predicted octanol–water partition coefficient (Wildman–Crippen LogP) is 2.32. The van der Waals surface area contributed by atoms with E-state index in [0.717, 1.165) is 19.3 Å². The minimum absolute atomic E-state index is 0.315. The van der Waals surface area contributed by atoms with Gasteiger partial charge in [0.1, 0.15) is 0 Å². The third kappa shape index (κ3) is 1.28. The van der Waals surface area contributed by atoms with E-state index in [-0.39, 0.29) is 0 Å². The molecule has 0 fully saturated rings. The zero-order valence-corrected chi connectivity index (χ0v) is 6.68. The van der Waals surface area contributed by atoms with E-state index in [1.807, 2.05) is 6.08 Å². The molecule has 0 bridgehead atoms. The van der Waals surface area contributed by atoms with Crippen molar-refractivity contribution in [2.45, 2.75) is 33.1 Å². The van der Waals surface area contributed by atoms with Gasteiger partial charge >= 0.3 is 0 Å². The molecule has 0 aromatic rings. The predicted molar refractivity (Wildman–Crippen MR) is 41.8 cm³/mol. The minimum atomic E-state index is 0.315. The molecule has 0 saturated heterocycles. The van der Waals surface area contributed by atoms with Gasteiger partial charge < -0.3 is 0 Å². The zero-order chi connectivity index (χ0) is 7.56. The van der Waals surface area contributed by atoms with Crippen molar-refractivity contribution in [3.8, 4) is 0 Å². The average molecular weight is 138 g/mol. The number of carbonyl (C=O) groups is 1. The fourth-order valence-corrected chi connectivity index (χ4v) is 1.39. The Bertz CT molecular complexity index is 168. The highest BCUT2D eigenvalue weighted by molar-refractivity contribution is 5.95. The van der Waals surface area contributed by atoms with E-state index in [0.29, 0.717) is 11.7 Å². The molecule has 0 N–H and O–H groups in total. The van der Waals surface area contributed by atoms with Crippen molar-refractivity contribution in [1.29, 1.82) is 0 Å². The summed E-state index contributed by atoms with van der Waals surface area (Å²) in [7, 11) is 0. The molecule has 0 saturated carbocycles. The van der Waals surface area contributed by atoms with Gasteiger partial charge in [-0.1, -0.05) is 19.4 Å². The van der Waals surface area contributed by atoms with E-state index in [2.05, 4.69) is 13.8 Å². The lowest BCUT2D eigenvalue weighted by Gasteiger charge is -2.02. The average Bonchev–Trinajstić information content (AvgIpc) is 2.30. The molecule has 0 aromatic heterocycles. The molecule has 56 valence electrons. The smallest absolute Gasteiger partial charge is 0.159 e. The third-order valence-electron chi connectivity index (χ3n) is 2.20.